The topological polar surface area (TPSA) is 90.0 Å². The van der Waals surface area contributed by atoms with E-state index in [0.29, 0.717) is 54.6 Å². The summed E-state index contributed by atoms with van der Waals surface area (Å²) in [6.07, 6.45) is 20.1. The monoisotopic (exact) mass is 690 g/mol. The number of carboxylic acid groups (broad SMARTS) is 1. The van der Waals surface area contributed by atoms with Gasteiger partial charge < -0.3 is 20.2 Å². The molecule has 9 atom stereocenters. The Hall–Kier alpha value is -2.15. The first-order valence-electron chi connectivity index (χ1n) is 20.4. The van der Waals surface area contributed by atoms with E-state index in [9.17, 15) is 19.5 Å². The molecule has 6 aliphatic carbocycles. The molecule has 7 rings (SSSR count). The van der Waals surface area contributed by atoms with Gasteiger partial charge >= 0.3 is 5.97 Å². The first kappa shape index (κ1) is 36.2. The van der Waals surface area contributed by atoms with Crippen LogP contribution in [0.4, 0.5) is 0 Å². The van der Waals surface area contributed by atoms with E-state index in [1.807, 2.05) is 18.7 Å². The van der Waals surface area contributed by atoms with Crippen molar-refractivity contribution in [2.24, 2.45) is 51.2 Å². The summed E-state index contributed by atoms with van der Waals surface area (Å²) in [6, 6.07) is 0. The van der Waals surface area contributed by atoms with E-state index in [-0.39, 0.29) is 34.1 Å². The maximum Gasteiger partial charge on any atom is 0.306 e. The third-order valence-electron chi connectivity index (χ3n) is 17.4. The van der Waals surface area contributed by atoms with Crippen LogP contribution in [0.2, 0.25) is 0 Å². The quantitative estimate of drug-likeness (QED) is 0.295. The Morgan fingerprint density at radius 1 is 0.860 bits per heavy atom. The highest BCUT2D eigenvalue weighted by Crippen LogP contribution is 2.76. The van der Waals surface area contributed by atoms with Gasteiger partial charge in [-0.2, -0.15) is 0 Å². The highest BCUT2D eigenvalue weighted by atomic mass is 16.4. The molecule has 0 aromatic carbocycles. The molecule has 2 N–H and O–H groups in total. The Kier molecular flexibility index (Phi) is 8.84. The Bertz CT molecular complexity index is 1480. The molecule has 0 aromatic rings. The van der Waals surface area contributed by atoms with Crippen LogP contribution in [-0.4, -0.2) is 69.9 Å². The van der Waals surface area contributed by atoms with E-state index in [0.717, 1.165) is 31.7 Å². The summed E-state index contributed by atoms with van der Waals surface area (Å²) in [6.45, 7) is 21.3. The van der Waals surface area contributed by atoms with E-state index in [1.165, 1.54) is 68.9 Å². The van der Waals surface area contributed by atoms with Gasteiger partial charge in [-0.15, -0.1) is 0 Å². The lowest BCUT2D eigenvalue weighted by Gasteiger charge is -2.72. The van der Waals surface area contributed by atoms with Gasteiger partial charge in [-0.3, -0.25) is 14.4 Å². The molecule has 0 aromatic heterocycles. The summed E-state index contributed by atoms with van der Waals surface area (Å²) in [5, 5.41) is 13.7. The van der Waals surface area contributed by atoms with Crippen LogP contribution in [0.5, 0.6) is 0 Å². The number of hydrogen-bond donors (Lipinski definition) is 2. The fourth-order valence-electron chi connectivity index (χ4n) is 14.6. The van der Waals surface area contributed by atoms with Crippen LogP contribution in [0.15, 0.2) is 23.3 Å². The first-order valence-corrected chi connectivity index (χ1v) is 20.4. The number of aliphatic carboxylic acids is 1. The molecule has 7 nitrogen and oxygen atoms in total. The summed E-state index contributed by atoms with van der Waals surface area (Å²) >= 11 is 0. The number of allylic oxidation sites excluding steroid dienone is 4. The lowest BCUT2D eigenvalue weighted by Crippen LogP contribution is -2.68. The second kappa shape index (κ2) is 12.2. The van der Waals surface area contributed by atoms with Crippen LogP contribution in [0, 0.1) is 51.2 Å². The van der Waals surface area contributed by atoms with E-state index < -0.39 is 11.5 Å². The van der Waals surface area contributed by atoms with Crippen molar-refractivity contribution in [1.29, 1.82) is 0 Å². The Morgan fingerprint density at radius 2 is 1.62 bits per heavy atom. The number of carbonyl (C=O) groups is 3. The minimum absolute atomic E-state index is 0.0206. The molecule has 278 valence electrons. The van der Waals surface area contributed by atoms with Crippen LogP contribution in [0.25, 0.3) is 0 Å². The van der Waals surface area contributed by atoms with Gasteiger partial charge in [0.15, 0.2) is 0 Å². The lowest BCUT2D eigenvalue weighted by atomic mass is 9.33. The number of nitrogens with zero attached hydrogens (tertiary/aromatic N) is 2. The van der Waals surface area contributed by atoms with Crippen molar-refractivity contribution in [3.63, 3.8) is 0 Å². The van der Waals surface area contributed by atoms with Gasteiger partial charge in [0.1, 0.15) is 5.54 Å². The molecule has 4 saturated carbocycles. The van der Waals surface area contributed by atoms with Crippen molar-refractivity contribution >= 4 is 17.8 Å². The predicted octanol–water partition coefficient (Wildman–Crippen LogP) is 8.00. The number of carboxylic acids is 1. The van der Waals surface area contributed by atoms with Crippen molar-refractivity contribution in [3.05, 3.63) is 23.3 Å². The fourth-order valence-corrected chi connectivity index (χ4v) is 14.6. The minimum Gasteiger partial charge on any atom is -0.481 e. The van der Waals surface area contributed by atoms with Crippen LogP contribution < -0.4 is 5.32 Å². The molecule has 1 aliphatic heterocycles. The third kappa shape index (κ3) is 5.15. The van der Waals surface area contributed by atoms with Crippen LogP contribution in [0.1, 0.15) is 139 Å². The molecule has 2 amide bonds. The largest absolute Gasteiger partial charge is 0.481 e. The molecule has 0 spiro atoms. The summed E-state index contributed by atoms with van der Waals surface area (Å²) < 4.78 is 0. The Balaban J connectivity index is 1.07. The van der Waals surface area contributed by atoms with Gasteiger partial charge in [-0.1, -0.05) is 53.2 Å². The summed E-state index contributed by atoms with van der Waals surface area (Å²) in [5.74, 6) is 1.99. The molecule has 1 saturated heterocycles. The molecule has 7 heteroatoms. The van der Waals surface area contributed by atoms with Crippen molar-refractivity contribution in [1.82, 2.24) is 15.1 Å². The highest BCUT2D eigenvalue weighted by Gasteiger charge is 2.69. The molecule has 0 bridgehead atoms. The Labute approximate surface area is 302 Å². The fraction of sp³-hybridized carbons (Fsp3) is 0.837. The average molecular weight is 690 g/mol. The number of piperazine rings is 1. The molecule has 5 fully saturated rings. The van der Waals surface area contributed by atoms with E-state index >= 15 is 0 Å². The van der Waals surface area contributed by atoms with Crippen LogP contribution in [-0.2, 0) is 14.4 Å². The van der Waals surface area contributed by atoms with Crippen molar-refractivity contribution in [2.45, 2.75) is 150 Å². The number of nitrogens with one attached hydrogen (secondary N) is 1. The average Bonchev–Trinajstić information content (AvgIpc) is 3.47. The molecular formula is C43H67N3O4. The highest BCUT2D eigenvalue weighted by molar-refractivity contribution is 5.91. The van der Waals surface area contributed by atoms with Gasteiger partial charge in [0.2, 0.25) is 11.8 Å². The number of carbonyl (C=O) groups excluding carboxylic acids is 2. The van der Waals surface area contributed by atoms with Gasteiger partial charge in [-0.25, -0.2) is 0 Å². The molecular weight excluding hydrogens is 622 g/mol. The van der Waals surface area contributed by atoms with E-state index in [1.54, 1.807) is 11.8 Å². The zero-order chi connectivity index (χ0) is 36.1. The van der Waals surface area contributed by atoms with Crippen molar-refractivity contribution < 1.29 is 19.5 Å². The van der Waals surface area contributed by atoms with Gasteiger partial charge in [-0.05, 0) is 147 Å². The summed E-state index contributed by atoms with van der Waals surface area (Å²) in [4.78, 5) is 41.0. The minimum atomic E-state index is -0.779. The first-order chi connectivity index (χ1) is 23.4. The van der Waals surface area contributed by atoms with E-state index in [4.69, 9.17) is 0 Å². The predicted molar refractivity (Wildman–Crippen MR) is 198 cm³/mol. The summed E-state index contributed by atoms with van der Waals surface area (Å²) in [7, 11) is 0. The summed E-state index contributed by atoms with van der Waals surface area (Å²) in [5.41, 5.74) is 3.40. The SMILES string of the molecule is CC(=O)N1CCN(CCNC23CCCC2C2CCC4C5(C)CC=C(C6=CCC(C(=O)O)CC6)C(C)(C)C5CCC4(C)[C@]2(C)CC3)C(=O)C1(C)C. The number of amides is 2. The standard InChI is InChI=1S/C43H67N3O4/c1-28(47)46-27-26-45(37(50)39(46,4)5)25-24-44-43-19-9-10-33(43)32-15-16-35-40(6)20-17-31(29-11-13-30(14-12-29)36(48)49)38(2,3)34(40)18-21-42(35,8)41(32,7)22-23-43/h11,17,30,32-35,44H,9-10,12-16,18-27H2,1-8H3,(H,48,49)/t30?,32?,33?,34?,35?,40?,41-,42?,43?/m1/s1. The van der Waals surface area contributed by atoms with E-state index in [2.05, 4.69) is 52.1 Å². The maximum absolute atomic E-state index is 13.4. The second-order valence-corrected chi connectivity index (χ2v) is 19.9. The molecule has 50 heavy (non-hydrogen) atoms. The van der Waals surface area contributed by atoms with Crippen LogP contribution in [0.3, 0.4) is 0 Å². The van der Waals surface area contributed by atoms with Gasteiger partial charge in [0.25, 0.3) is 0 Å². The maximum atomic E-state index is 13.4. The number of rotatable bonds is 6. The third-order valence-corrected chi connectivity index (χ3v) is 17.4. The second-order valence-electron chi connectivity index (χ2n) is 19.9. The van der Waals surface area contributed by atoms with Gasteiger partial charge in [0.05, 0.1) is 5.92 Å². The Morgan fingerprint density at radius 3 is 2.30 bits per heavy atom. The molecule has 1 heterocycles. The normalized spacial score (nSPS) is 43.5. The zero-order valence-corrected chi connectivity index (χ0v) is 32.6. The van der Waals surface area contributed by atoms with Crippen molar-refractivity contribution in [3.8, 4) is 0 Å². The number of hydrogen-bond acceptors (Lipinski definition) is 4. The molecule has 0 radical (unpaired) electrons. The smallest absolute Gasteiger partial charge is 0.306 e. The molecule has 8 unspecified atom stereocenters. The van der Waals surface area contributed by atoms with Crippen LogP contribution >= 0.6 is 0 Å². The number of fused-ring (bicyclic) bond motifs is 7. The molecule has 7 aliphatic rings. The van der Waals surface area contributed by atoms with Crippen molar-refractivity contribution in [2.75, 3.05) is 26.2 Å². The zero-order valence-electron chi connectivity index (χ0n) is 32.6. The lowest BCUT2D eigenvalue weighted by molar-refractivity contribution is -0.218. The van der Waals surface area contributed by atoms with Gasteiger partial charge in [0, 0.05) is 38.6 Å².